The predicted molar refractivity (Wildman–Crippen MR) is 167 cm³/mol. The first-order valence-electron chi connectivity index (χ1n) is 13.3. The molecule has 0 aliphatic carbocycles. The highest BCUT2D eigenvalue weighted by atomic mass is 79.9. The van der Waals surface area contributed by atoms with Gasteiger partial charge in [0.15, 0.2) is 17.3 Å². The van der Waals surface area contributed by atoms with Gasteiger partial charge in [0.1, 0.15) is 17.9 Å². The topological polar surface area (TPSA) is 88.1 Å². The van der Waals surface area contributed by atoms with E-state index in [0.29, 0.717) is 58.3 Å². The van der Waals surface area contributed by atoms with Gasteiger partial charge in [-0.3, -0.25) is 4.79 Å². The zero-order valence-electron chi connectivity index (χ0n) is 22.9. The molecule has 6 aromatic rings. The van der Waals surface area contributed by atoms with Gasteiger partial charge in [0, 0.05) is 4.47 Å². The third-order valence-corrected chi connectivity index (χ3v) is 7.14. The Hall–Kier alpha value is -4.89. The van der Waals surface area contributed by atoms with Crippen LogP contribution in [0.1, 0.15) is 18.1 Å². The second-order valence-electron chi connectivity index (χ2n) is 9.35. The molecule has 0 amide bonds. The van der Waals surface area contributed by atoms with Crippen LogP contribution in [0, 0.1) is 0 Å². The molecule has 8 nitrogen and oxygen atoms in total. The average molecular weight is 624 g/mol. The first kappa shape index (κ1) is 27.3. The van der Waals surface area contributed by atoms with Gasteiger partial charge in [-0.1, -0.05) is 46.3 Å². The number of benzene rings is 4. The quantitative estimate of drug-likeness (QED) is 0.156. The number of ether oxygens (including phenoxy) is 3. The normalized spacial score (nSPS) is 11.4. The molecule has 2 aromatic heterocycles. The van der Waals surface area contributed by atoms with Crippen molar-refractivity contribution in [1.29, 1.82) is 0 Å². The van der Waals surface area contributed by atoms with Crippen LogP contribution in [-0.4, -0.2) is 29.6 Å². The average Bonchev–Trinajstić information content (AvgIpc) is 3.46. The predicted octanol–water partition coefficient (Wildman–Crippen LogP) is 7.44. The summed E-state index contributed by atoms with van der Waals surface area (Å²) in [5, 5.41) is 5.79. The summed E-state index contributed by atoms with van der Waals surface area (Å²) in [5.41, 5.74) is 2.58. The monoisotopic (exact) mass is 623 g/mol. The summed E-state index contributed by atoms with van der Waals surface area (Å²) in [4.78, 5) is 18.4. The summed E-state index contributed by atoms with van der Waals surface area (Å²) in [7, 11) is 1.60. The van der Waals surface area contributed by atoms with E-state index in [4.69, 9.17) is 23.6 Å². The van der Waals surface area contributed by atoms with Crippen molar-refractivity contribution in [1.82, 2.24) is 9.66 Å². The fourth-order valence-corrected chi connectivity index (χ4v) is 4.84. The molecule has 0 aliphatic rings. The molecule has 6 rings (SSSR count). The molecule has 0 N–H and O–H groups in total. The minimum absolute atomic E-state index is 0.271. The van der Waals surface area contributed by atoms with Crippen LogP contribution in [0.3, 0.4) is 0 Å². The van der Waals surface area contributed by atoms with Crippen LogP contribution >= 0.6 is 15.9 Å². The standard InChI is InChI=1S/C33H26BrN3O5/c1-3-40-30-17-22(13-16-29(30)41-20-21-11-14-23(34)15-12-21)19-35-37-32(36-26-8-5-4-7-24(26)33(37)38)31-18-25-27(39-2)9-6-10-28(25)42-31/h4-19H,3,20H2,1-2H3. The minimum atomic E-state index is -0.321. The van der Waals surface area contributed by atoms with Gasteiger partial charge < -0.3 is 18.6 Å². The summed E-state index contributed by atoms with van der Waals surface area (Å²) in [5.74, 6) is 2.51. The zero-order valence-corrected chi connectivity index (χ0v) is 24.5. The van der Waals surface area contributed by atoms with Crippen molar-refractivity contribution < 1.29 is 18.6 Å². The van der Waals surface area contributed by atoms with E-state index in [9.17, 15) is 4.79 Å². The van der Waals surface area contributed by atoms with Crippen LogP contribution in [0.5, 0.6) is 17.2 Å². The van der Waals surface area contributed by atoms with E-state index in [-0.39, 0.29) is 11.4 Å². The Balaban J connectivity index is 1.38. The summed E-state index contributed by atoms with van der Waals surface area (Å²) in [6.45, 7) is 2.77. The number of methoxy groups -OCH3 is 1. The Morgan fingerprint density at radius 1 is 0.905 bits per heavy atom. The molecule has 9 heteroatoms. The lowest BCUT2D eigenvalue weighted by Gasteiger charge is -2.13. The highest BCUT2D eigenvalue weighted by Crippen LogP contribution is 2.33. The van der Waals surface area contributed by atoms with Crippen LogP contribution in [0.2, 0.25) is 0 Å². The molecule has 0 saturated heterocycles. The van der Waals surface area contributed by atoms with Gasteiger partial charge in [0.25, 0.3) is 5.56 Å². The van der Waals surface area contributed by atoms with Gasteiger partial charge in [-0.15, -0.1) is 0 Å². The van der Waals surface area contributed by atoms with E-state index in [2.05, 4.69) is 21.0 Å². The molecular weight excluding hydrogens is 598 g/mol. The highest BCUT2D eigenvalue weighted by molar-refractivity contribution is 9.10. The molecule has 0 atom stereocenters. The molecule has 4 aromatic carbocycles. The number of para-hydroxylation sites is 1. The second kappa shape index (κ2) is 11.9. The second-order valence-corrected chi connectivity index (χ2v) is 10.3. The zero-order chi connectivity index (χ0) is 29.1. The Morgan fingerprint density at radius 2 is 1.74 bits per heavy atom. The summed E-state index contributed by atoms with van der Waals surface area (Å²) in [6, 6.07) is 27.9. The lowest BCUT2D eigenvalue weighted by atomic mass is 10.2. The molecule has 0 saturated carbocycles. The maximum Gasteiger partial charge on any atom is 0.282 e. The molecule has 0 spiro atoms. The maximum atomic E-state index is 13.6. The summed E-state index contributed by atoms with van der Waals surface area (Å²) >= 11 is 3.45. The number of hydrogen-bond acceptors (Lipinski definition) is 7. The molecule has 210 valence electrons. The molecule has 0 unspecified atom stereocenters. The van der Waals surface area contributed by atoms with Crippen molar-refractivity contribution in [3.63, 3.8) is 0 Å². The van der Waals surface area contributed by atoms with Crippen LogP contribution < -0.4 is 19.8 Å². The van der Waals surface area contributed by atoms with Crippen LogP contribution in [0.4, 0.5) is 0 Å². The number of furan rings is 1. The largest absolute Gasteiger partial charge is 0.496 e. The van der Waals surface area contributed by atoms with Crippen molar-refractivity contribution in [3.05, 3.63) is 117 Å². The van der Waals surface area contributed by atoms with Gasteiger partial charge in [-0.25, -0.2) is 4.98 Å². The van der Waals surface area contributed by atoms with Crippen LogP contribution in [-0.2, 0) is 6.61 Å². The van der Waals surface area contributed by atoms with Gasteiger partial charge in [-0.05, 0) is 78.7 Å². The number of rotatable bonds is 9. The molecule has 0 radical (unpaired) electrons. The van der Waals surface area contributed by atoms with E-state index in [1.807, 2.05) is 79.7 Å². The lowest BCUT2D eigenvalue weighted by Crippen LogP contribution is -2.20. The fourth-order valence-electron chi connectivity index (χ4n) is 4.57. The van der Waals surface area contributed by atoms with Crippen molar-refractivity contribution in [2.75, 3.05) is 13.7 Å². The van der Waals surface area contributed by atoms with E-state index in [0.717, 1.165) is 15.4 Å². The van der Waals surface area contributed by atoms with Gasteiger partial charge in [0.05, 0.1) is 36.2 Å². The number of hydrogen-bond donors (Lipinski definition) is 0. The first-order valence-corrected chi connectivity index (χ1v) is 14.1. The van der Waals surface area contributed by atoms with Crippen LogP contribution in [0.25, 0.3) is 33.5 Å². The van der Waals surface area contributed by atoms with Crippen molar-refractivity contribution >= 4 is 44.0 Å². The van der Waals surface area contributed by atoms with E-state index >= 15 is 0 Å². The molecular formula is C33H26BrN3O5. The van der Waals surface area contributed by atoms with Crippen molar-refractivity contribution in [2.24, 2.45) is 5.10 Å². The van der Waals surface area contributed by atoms with Crippen molar-refractivity contribution in [3.8, 4) is 28.8 Å². The van der Waals surface area contributed by atoms with Gasteiger partial charge in [-0.2, -0.15) is 9.78 Å². The maximum absolute atomic E-state index is 13.6. The Labute approximate surface area is 249 Å². The number of halogens is 1. The van der Waals surface area contributed by atoms with Crippen LogP contribution in [0.15, 0.2) is 110 Å². The summed E-state index contributed by atoms with van der Waals surface area (Å²) in [6.07, 6.45) is 1.59. The van der Waals surface area contributed by atoms with E-state index in [1.165, 1.54) is 4.68 Å². The first-order chi connectivity index (χ1) is 20.5. The minimum Gasteiger partial charge on any atom is -0.496 e. The van der Waals surface area contributed by atoms with E-state index < -0.39 is 0 Å². The number of nitrogens with zero attached hydrogens (tertiary/aromatic N) is 3. The highest BCUT2D eigenvalue weighted by Gasteiger charge is 2.18. The lowest BCUT2D eigenvalue weighted by molar-refractivity contribution is 0.269. The Morgan fingerprint density at radius 3 is 2.55 bits per heavy atom. The summed E-state index contributed by atoms with van der Waals surface area (Å²) < 4.78 is 25.8. The Kier molecular flexibility index (Phi) is 7.74. The SMILES string of the molecule is CCOc1cc(C=Nn2c(-c3cc4c(OC)cccc4o3)nc3ccccc3c2=O)ccc1OCc1ccc(Br)cc1. The van der Waals surface area contributed by atoms with Gasteiger partial charge >= 0.3 is 0 Å². The Bertz CT molecular complexity index is 1980. The smallest absolute Gasteiger partial charge is 0.282 e. The molecule has 2 heterocycles. The molecule has 42 heavy (non-hydrogen) atoms. The molecule has 0 bridgehead atoms. The van der Waals surface area contributed by atoms with Gasteiger partial charge in [0.2, 0.25) is 5.82 Å². The molecule has 0 fully saturated rings. The number of fused-ring (bicyclic) bond motifs is 2. The third-order valence-electron chi connectivity index (χ3n) is 6.61. The van der Waals surface area contributed by atoms with Crippen molar-refractivity contribution in [2.45, 2.75) is 13.5 Å². The third kappa shape index (κ3) is 5.51. The van der Waals surface area contributed by atoms with E-state index in [1.54, 1.807) is 31.5 Å². The fraction of sp³-hybridized carbons (Fsp3) is 0.121. The number of aromatic nitrogens is 2. The molecule has 0 aliphatic heterocycles.